The lowest BCUT2D eigenvalue weighted by atomic mass is 10.2. The van der Waals surface area contributed by atoms with Crippen molar-refractivity contribution in [1.29, 1.82) is 0 Å². The molecule has 0 aliphatic heterocycles. The van der Waals surface area contributed by atoms with Crippen molar-refractivity contribution in [2.45, 2.75) is 36.7 Å². The van der Waals surface area contributed by atoms with E-state index < -0.39 is 64.1 Å². The average molecular weight is 467 g/mol. The normalized spacial score (nSPS) is 15.4. The van der Waals surface area contributed by atoms with Crippen molar-refractivity contribution in [1.82, 2.24) is 5.32 Å². The minimum atomic E-state index is -6.38. The van der Waals surface area contributed by atoms with Crippen LogP contribution in [-0.4, -0.2) is 61.4 Å². The minimum Gasteiger partial charge on any atom is -0.412 e. The number of ether oxygens (including phenoxy) is 2. The van der Waals surface area contributed by atoms with Crippen LogP contribution < -0.4 is 5.32 Å². The van der Waals surface area contributed by atoms with Gasteiger partial charge in [-0.1, -0.05) is 13.5 Å². The van der Waals surface area contributed by atoms with E-state index in [0.717, 1.165) is 0 Å². The standard InChI is InChI=1S/C12H13F8NO7S/c1-3-4-21-8(23)10(12(18,19)20,27-5-9(13,14)29(24,25)26)28-7(22)6(2)11(15,16)17/h2-5H2,1H3,(H,21,23)(H,24,25,26). The molecule has 0 saturated heterocycles. The lowest BCUT2D eigenvalue weighted by Gasteiger charge is -2.34. The highest BCUT2D eigenvalue weighted by molar-refractivity contribution is 7.86. The maximum Gasteiger partial charge on any atom is 0.466 e. The van der Waals surface area contributed by atoms with Gasteiger partial charge in [-0.05, 0) is 6.42 Å². The van der Waals surface area contributed by atoms with Crippen LogP contribution in [0.1, 0.15) is 13.3 Å². The molecule has 0 fully saturated rings. The molecule has 1 amide bonds. The van der Waals surface area contributed by atoms with Crippen LogP contribution in [0.15, 0.2) is 12.2 Å². The number of nitrogens with one attached hydrogen (secondary N) is 1. The number of hydrogen-bond acceptors (Lipinski definition) is 6. The Morgan fingerprint density at radius 2 is 1.55 bits per heavy atom. The first kappa shape index (κ1) is 27.0. The molecule has 0 aromatic heterocycles. The van der Waals surface area contributed by atoms with Crippen molar-refractivity contribution < 1.29 is 67.2 Å². The smallest absolute Gasteiger partial charge is 0.412 e. The molecule has 1 unspecified atom stereocenters. The number of rotatable bonds is 9. The van der Waals surface area contributed by atoms with Gasteiger partial charge in [0.05, 0.1) is 0 Å². The molecule has 2 N–H and O–H groups in total. The van der Waals surface area contributed by atoms with Crippen LogP contribution in [-0.2, 0) is 29.2 Å². The SMILES string of the molecule is C=C(C(=O)OC(OCC(F)(F)S(=O)(=O)O)(C(=O)NCCC)C(F)(F)F)C(F)(F)F. The van der Waals surface area contributed by atoms with Gasteiger partial charge in [0.15, 0.2) is 0 Å². The lowest BCUT2D eigenvalue weighted by molar-refractivity contribution is -0.353. The first-order chi connectivity index (χ1) is 12.7. The van der Waals surface area contributed by atoms with Crippen molar-refractivity contribution in [3.63, 3.8) is 0 Å². The Morgan fingerprint density at radius 3 is 1.90 bits per heavy atom. The summed E-state index contributed by atoms with van der Waals surface area (Å²) in [6.45, 7) is -0.0951. The van der Waals surface area contributed by atoms with Gasteiger partial charge < -0.3 is 14.8 Å². The number of carbonyl (C=O) groups excluding carboxylic acids is 2. The van der Waals surface area contributed by atoms with Crippen LogP contribution in [0, 0.1) is 0 Å². The van der Waals surface area contributed by atoms with E-state index in [2.05, 4.69) is 16.1 Å². The molecule has 0 aromatic carbocycles. The summed E-state index contributed by atoms with van der Waals surface area (Å²) in [6.07, 6.45) is -12.0. The van der Waals surface area contributed by atoms with Crippen LogP contribution in [0.3, 0.4) is 0 Å². The molecule has 8 nitrogen and oxygen atoms in total. The first-order valence-electron chi connectivity index (χ1n) is 7.06. The molecular weight excluding hydrogens is 454 g/mol. The maximum atomic E-state index is 13.4. The van der Waals surface area contributed by atoms with Crippen LogP contribution in [0.25, 0.3) is 0 Å². The highest BCUT2D eigenvalue weighted by Gasteiger charge is 2.68. The summed E-state index contributed by atoms with van der Waals surface area (Å²) in [7, 11) is -6.38. The van der Waals surface area contributed by atoms with Crippen molar-refractivity contribution in [3.8, 4) is 0 Å². The maximum absolute atomic E-state index is 13.4. The molecule has 170 valence electrons. The summed E-state index contributed by atoms with van der Waals surface area (Å²) in [4.78, 5) is 23.2. The molecule has 0 aliphatic rings. The Hall–Kier alpha value is -2.01. The number of hydrogen-bond donors (Lipinski definition) is 2. The Morgan fingerprint density at radius 1 is 1.07 bits per heavy atom. The summed E-state index contributed by atoms with van der Waals surface area (Å²) in [5.74, 6) is -10.6. The molecule has 0 rings (SSSR count). The van der Waals surface area contributed by atoms with Gasteiger partial charge in [0.2, 0.25) is 0 Å². The fraction of sp³-hybridized carbons (Fsp3) is 0.667. The molecule has 0 heterocycles. The van der Waals surface area contributed by atoms with E-state index >= 15 is 0 Å². The minimum absolute atomic E-state index is 0.0654. The van der Waals surface area contributed by atoms with Crippen molar-refractivity contribution in [3.05, 3.63) is 12.2 Å². The Kier molecular flexibility index (Phi) is 8.17. The van der Waals surface area contributed by atoms with E-state index in [1.54, 1.807) is 0 Å². The molecule has 29 heavy (non-hydrogen) atoms. The molecule has 0 saturated carbocycles. The predicted molar refractivity (Wildman–Crippen MR) is 75.8 cm³/mol. The second-order valence-corrected chi connectivity index (χ2v) is 6.68. The predicted octanol–water partition coefficient (Wildman–Crippen LogP) is 1.93. The van der Waals surface area contributed by atoms with E-state index in [0.29, 0.717) is 0 Å². The summed E-state index contributed by atoms with van der Waals surface area (Å²) < 4.78 is 140. The van der Waals surface area contributed by atoms with E-state index in [1.807, 2.05) is 0 Å². The highest BCUT2D eigenvalue weighted by Crippen LogP contribution is 2.39. The van der Waals surface area contributed by atoms with E-state index in [1.165, 1.54) is 12.2 Å². The molecule has 17 heteroatoms. The fourth-order valence-electron chi connectivity index (χ4n) is 1.33. The number of alkyl halides is 8. The number of amides is 1. The largest absolute Gasteiger partial charge is 0.466 e. The number of halogens is 8. The zero-order valence-corrected chi connectivity index (χ0v) is 15.0. The summed E-state index contributed by atoms with van der Waals surface area (Å²) >= 11 is 0. The zero-order valence-electron chi connectivity index (χ0n) is 14.2. The Labute approximate surface area is 157 Å². The molecule has 0 spiro atoms. The number of carbonyl (C=O) groups is 2. The molecule has 0 radical (unpaired) electrons. The van der Waals surface area contributed by atoms with Crippen molar-refractivity contribution in [2.24, 2.45) is 0 Å². The van der Waals surface area contributed by atoms with Gasteiger partial charge in [0.1, 0.15) is 12.2 Å². The third-order valence-corrected chi connectivity index (χ3v) is 3.73. The molecule has 0 aliphatic carbocycles. The Bertz CT molecular complexity index is 746. The van der Waals surface area contributed by atoms with E-state index in [4.69, 9.17) is 4.55 Å². The quantitative estimate of drug-likeness (QED) is 0.175. The van der Waals surface area contributed by atoms with Gasteiger partial charge in [-0.3, -0.25) is 9.35 Å². The van der Waals surface area contributed by atoms with Crippen molar-refractivity contribution >= 4 is 22.0 Å². The second-order valence-electron chi connectivity index (χ2n) is 5.14. The molecule has 0 aromatic rings. The lowest BCUT2D eigenvalue weighted by Crippen LogP contribution is -2.63. The zero-order chi connectivity index (χ0) is 23.5. The van der Waals surface area contributed by atoms with Gasteiger partial charge in [-0.25, -0.2) is 4.79 Å². The molecule has 1 atom stereocenters. The second kappa shape index (κ2) is 8.78. The van der Waals surface area contributed by atoms with Gasteiger partial charge in [-0.15, -0.1) is 0 Å². The highest BCUT2D eigenvalue weighted by atomic mass is 32.2. The third-order valence-electron chi connectivity index (χ3n) is 2.85. The van der Waals surface area contributed by atoms with E-state index in [-0.39, 0.29) is 6.42 Å². The monoisotopic (exact) mass is 467 g/mol. The first-order valence-corrected chi connectivity index (χ1v) is 8.50. The van der Waals surface area contributed by atoms with Gasteiger partial charge in [0, 0.05) is 6.54 Å². The molecular formula is C12H13F8NO7S. The van der Waals surface area contributed by atoms with Gasteiger partial charge in [-0.2, -0.15) is 43.5 Å². The van der Waals surface area contributed by atoms with Crippen molar-refractivity contribution in [2.75, 3.05) is 13.2 Å². The summed E-state index contributed by atoms with van der Waals surface area (Å²) in [5, 5.41) is -4.05. The summed E-state index contributed by atoms with van der Waals surface area (Å²) in [5.41, 5.74) is -2.56. The third kappa shape index (κ3) is 6.49. The Balaban J connectivity index is 6.27. The van der Waals surface area contributed by atoms with Crippen LogP contribution >= 0.6 is 0 Å². The number of esters is 1. The van der Waals surface area contributed by atoms with Crippen LogP contribution in [0.4, 0.5) is 35.1 Å². The van der Waals surface area contributed by atoms with Gasteiger partial charge >= 0.3 is 45.4 Å². The average Bonchev–Trinajstić information content (AvgIpc) is 2.52. The van der Waals surface area contributed by atoms with Gasteiger partial charge in [0.25, 0.3) is 0 Å². The summed E-state index contributed by atoms with van der Waals surface area (Å²) in [6, 6.07) is 0. The van der Waals surface area contributed by atoms with Crippen LogP contribution in [0.5, 0.6) is 0 Å². The van der Waals surface area contributed by atoms with Crippen LogP contribution in [0.2, 0.25) is 0 Å². The van der Waals surface area contributed by atoms with E-state index in [9.17, 15) is 53.1 Å². The fourth-order valence-corrected chi connectivity index (χ4v) is 1.54. The topological polar surface area (TPSA) is 119 Å². The molecule has 0 bridgehead atoms.